The number of likely N-dealkylation sites (tertiary alicyclic amines) is 1. The molecule has 9 nitrogen and oxygen atoms in total. The zero-order valence-electron chi connectivity index (χ0n) is 14.9. The van der Waals surface area contributed by atoms with Crippen LogP contribution in [-0.2, 0) is 14.3 Å². The summed E-state index contributed by atoms with van der Waals surface area (Å²) in [6.45, 7) is -0.161. The van der Waals surface area contributed by atoms with Gasteiger partial charge in [0.1, 0.15) is 6.04 Å². The van der Waals surface area contributed by atoms with E-state index in [9.17, 15) is 19.2 Å². The van der Waals surface area contributed by atoms with Crippen molar-refractivity contribution in [2.24, 2.45) is 0 Å². The molecule has 2 fully saturated rings. The maximum Gasteiger partial charge on any atom is 0.329 e. The predicted molar refractivity (Wildman–Crippen MR) is 92.7 cm³/mol. The van der Waals surface area contributed by atoms with Crippen LogP contribution in [0.5, 0.6) is 0 Å². The van der Waals surface area contributed by atoms with Crippen LogP contribution in [0.25, 0.3) is 0 Å². The fraction of sp³-hybridized carbons (Fsp3) is 0.556. The second-order valence-corrected chi connectivity index (χ2v) is 6.74. The van der Waals surface area contributed by atoms with E-state index >= 15 is 0 Å². The van der Waals surface area contributed by atoms with Gasteiger partial charge in [-0.05, 0) is 37.8 Å². The first-order valence-electron chi connectivity index (χ1n) is 9.16. The molecule has 2 aliphatic rings. The van der Waals surface area contributed by atoms with Gasteiger partial charge in [-0.1, -0.05) is 12.8 Å². The van der Waals surface area contributed by atoms with Gasteiger partial charge in [0.25, 0.3) is 11.8 Å². The topological polar surface area (TPSA) is 118 Å². The molecule has 1 atom stereocenters. The van der Waals surface area contributed by atoms with Gasteiger partial charge in [-0.2, -0.15) is 0 Å². The molecule has 4 amide bonds. The first-order valence-corrected chi connectivity index (χ1v) is 9.16. The molecule has 2 heterocycles. The first-order chi connectivity index (χ1) is 13.0. The van der Waals surface area contributed by atoms with Crippen molar-refractivity contribution in [2.75, 3.05) is 13.2 Å². The van der Waals surface area contributed by atoms with Gasteiger partial charge >= 0.3 is 12.0 Å². The summed E-state index contributed by atoms with van der Waals surface area (Å²) in [5.41, 5.74) is 0. The Morgan fingerprint density at radius 2 is 1.93 bits per heavy atom. The predicted octanol–water partition coefficient (Wildman–Crippen LogP) is 1.20. The highest BCUT2D eigenvalue weighted by molar-refractivity contribution is 5.97. The maximum atomic E-state index is 12.4. The molecule has 1 aromatic heterocycles. The van der Waals surface area contributed by atoms with Gasteiger partial charge in [0, 0.05) is 12.6 Å². The number of rotatable bonds is 5. The number of carbonyl (C=O) groups excluding carboxylic acids is 4. The molecule has 1 aliphatic heterocycles. The summed E-state index contributed by atoms with van der Waals surface area (Å²) in [5.74, 6) is -1.62. The van der Waals surface area contributed by atoms with Crippen molar-refractivity contribution in [3.8, 4) is 0 Å². The molecule has 1 aliphatic carbocycles. The summed E-state index contributed by atoms with van der Waals surface area (Å²) in [6, 6.07) is 1.86. The van der Waals surface area contributed by atoms with Crippen molar-refractivity contribution in [2.45, 2.75) is 50.6 Å². The number of esters is 1. The second kappa shape index (κ2) is 8.70. The Labute approximate surface area is 156 Å². The Balaban J connectivity index is 1.44. The normalized spacial score (nSPS) is 19.7. The van der Waals surface area contributed by atoms with Crippen LogP contribution in [0.4, 0.5) is 4.79 Å². The third-order valence-electron chi connectivity index (χ3n) is 4.81. The van der Waals surface area contributed by atoms with Crippen molar-refractivity contribution in [1.82, 2.24) is 15.5 Å². The van der Waals surface area contributed by atoms with Crippen LogP contribution in [0.3, 0.4) is 0 Å². The minimum atomic E-state index is -0.761. The number of hydrogen-bond acceptors (Lipinski definition) is 6. The number of carbonyl (C=O) groups is 4. The third kappa shape index (κ3) is 4.87. The van der Waals surface area contributed by atoms with Gasteiger partial charge in [-0.15, -0.1) is 0 Å². The fourth-order valence-corrected chi connectivity index (χ4v) is 3.48. The Hall–Kier alpha value is -2.84. The number of imide groups is 1. The average molecular weight is 377 g/mol. The fourth-order valence-electron chi connectivity index (χ4n) is 3.48. The molecule has 0 radical (unpaired) electrons. The van der Waals surface area contributed by atoms with E-state index in [1.54, 1.807) is 6.07 Å². The minimum absolute atomic E-state index is 0.0833. The largest absolute Gasteiger partial charge is 0.459 e. The number of ether oxygens (including phenoxy) is 1. The number of nitrogens with one attached hydrogen (secondary N) is 2. The molecule has 3 rings (SSSR count). The van der Waals surface area contributed by atoms with Crippen molar-refractivity contribution in [1.29, 1.82) is 0 Å². The van der Waals surface area contributed by atoms with E-state index in [0.717, 1.165) is 25.7 Å². The van der Waals surface area contributed by atoms with Crippen molar-refractivity contribution < 1.29 is 28.3 Å². The monoisotopic (exact) mass is 377 g/mol. The van der Waals surface area contributed by atoms with Gasteiger partial charge in [-0.3, -0.25) is 14.9 Å². The van der Waals surface area contributed by atoms with Crippen LogP contribution in [-0.4, -0.2) is 54.0 Å². The van der Waals surface area contributed by atoms with E-state index in [2.05, 4.69) is 10.6 Å². The number of furan rings is 1. The third-order valence-corrected chi connectivity index (χ3v) is 4.81. The molecule has 1 saturated carbocycles. The molecule has 0 aromatic carbocycles. The highest BCUT2D eigenvalue weighted by Gasteiger charge is 2.36. The molecular weight excluding hydrogens is 354 g/mol. The molecule has 9 heteroatoms. The van der Waals surface area contributed by atoms with Crippen molar-refractivity contribution in [3.05, 3.63) is 24.2 Å². The highest BCUT2D eigenvalue weighted by atomic mass is 16.5. The lowest BCUT2D eigenvalue weighted by Crippen LogP contribution is -2.46. The minimum Gasteiger partial charge on any atom is -0.459 e. The zero-order valence-corrected chi connectivity index (χ0v) is 14.9. The van der Waals surface area contributed by atoms with Gasteiger partial charge in [0.2, 0.25) is 0 Å². The van der Waals surface area contributed by atoms with Gasteiger partial charge in [-0.25, -0.2) is 9.59 Å². The van der Waals surface area contributed by atoms with Gasteiger partial charge in [0.05, 0.1) is 6.26 Å². The number of hydrogen-bond donors (Lipinski definition) is 2. The smallest absolute Gasteiger partial charge is 0.329 e. The van der Waals surface area contributed by atoms with Crippen LogP contribution in [0.2, 0.25) is 0 Å². The van der Waals surface area contributed by atoms with E-state index in [4.69, 9.17) is 9.15 Å². The Bertz CT molecular complexity index is 696. The molecule has 0 bridgehead atoms. The second-order valence-electron chi connectivity index (χ2n) is 6.74. The standard InChI is InChI=1S/C18H23N3O6/c22-15(20-18(25)19-12-5-1-2-6-12)11-27-17(24)13-7-3-9-21(13)16(23)14-8-4-10-26-14/h4,8,10,12-13H,1-3,5-7,9,11H2,(H2,19,20,22,25). The summed E-state index contributed by atoms with van der Waals surface area (Å²) in [5, 5.41) is 4.86. The number of nitrogens with zero attached hydrogens (tertiary/aromatic N) is 1. The van der Waals surface area contributed by atoms with Crippen molar-refractivity contribution >= 4 is 23.8 Å². The van der Waals surface area contributed by atoms with E-state index in [1.165, 1.54) is 17.2 Å². The van der Waals surface area contributed by atoms with Crippen LogP contribution in [0, 0.1) is 0 Å². The molecule has 146 valence electrons. The summed E-state index contributed by atoms with van der Waals surface area (Å²) in [6.07, 6.45) is 6.42. The Morgan fingerprint density at radius 3 is 2.63 bits per heavy atom. The molecule has 0 spiro atoms. The lowest BCUT2D eigenvalue weighted by atomic mass is 10.2. The van der Waals surface area contributed by atoms with Crippen molar-refractivity contribution in [3.63, 3.8) is 0 Å². The number of urea groups is 1. The SMILES string of the molecule is O=C(COC(=O)C1CCCN1C(=O)c1ccco1)NC(=O)NC1CCCC1. The molecular formula is C18H23N3O6. The quantitative estimate of drug-likeness (QED) is 0.745. The number of amides is 4. The van der Waals surface area contributed by atoms with E-state index < -0.39 is 30.6 Å². The molecule has 2 N–H and O–H groups in total. The molecule has 1 saturated heterocycles. The Kier molecular flexibility index (Phi) is 6.10. The molecule has 1 unspecified atom stereocenters. The van der Waals surface area contributed by atoms with Crippen LogP contribution < -0.4 is 10.6 Å². The van der Waals surface area contributed by atoms with Gasteiger partial charge in [0.15, 0.2) is 12.4 Å². The lowest BCUT2D eigenvalue weighted by molar-refractivity contribution is -0.152. The van der Waals surface area contributed by atoms with E-state index in [0.29, 0.717) is 19.4 Å². The van der Waals surface area contributed by atoms with Crippen LogP contribution >= 0.6 is 0 Å². The maximum absolute atomic E-state index is 12.4. The first kappa shape index (κ1) is 18.9. The molecule has 1 aromatic rings. The summed E-state index contributed by atoms with van der Waals surface area (Å²) in [4.78, 5) is 49.6. The Morgan fingerprint density at radius 1 is 1.15 bits per heavy atom. The summed E-state index contributed by atoms with van der Waals surface area (Å²) < 4.78 is 10.1. The van der Waals surface area contributed by atoms with Crippen LogP contribution in [0.15, 0.2) is 22.8 Å². The summed E-state index contributed by atoms with van der Waals surface area (Å²) >= 11 is 0. The average Bonchev–Trinajstić information content (AvgIpc) is 3.40. The highest BCUT2D eigenvalue weighted by Crippen LogP contribution is 2.21. The van der Waals surface area contributed by atoms with Gasteiger partial charge < -0.3 is 19.4 Å². The molecule has 27 heavy (non-hydrogen) atoms. The van der Waals surface area contributed by atoms with E-state index in [-0.39, 0.29) is 17.7 Å². The van der Waals surface area contributed by atoms with Crippen LogP contribution in [0.1, 0.15) is 49.1 Å². The lowest BCUT2D eigenvalue weighted by Gasteiger charge is -2.22. The van der Waals surface area contributed by atoms with E-state index in [1.807, 2.05) is 0 Å². The zero-order chi connectivity index (χ0) is 19.2. The summed E-state index contributed by atoms with van der Waals surface area (Å²) in [7, 11) is 0.